The third-order valence-electron chi connectivity index (χ3n) is 3.70. The Hall–Kier alpha value is -1.11. The van der Waals surface area contributed by atoms with Gasteiger partial charge in [0.25, 0.3) is 0 Å². The average Bonchev–Trinajstić information content (AvgIpc) is 2.95. The van der Waals surface area contributed by atoms with Crippen LogP contribution in [0.3, 0.4) is 0 Å². The summed E-state index contributed by atoms with van der Waals surface area (Å²) in [5.74, 6) is -3.70. The molecule has 1 N–H and O–H groups in total. The topological polar surface area (TPSA) is 24.5 Å². The summed E-state index contributed by atoms with van der Waals surface area (Å²) in [5, 5.41) is 3.39. The summed E-state index contributed by atoms with van der Waals surface area (Å²) in [6.45, 7) is 3.36. The van der Waals surface area contributed by atoms with Crippen LogP contribution in [0.15, 0.2) is 12.1 Å². The number of halogens is 3. The van der Waals surface area contributed by atoms with Gasteiger partial charge in [-0.2, -0.15) is 0 Å². The Morgan fingerprint density at radius 3 is 2.57 bits per heavy atom. The van der Waals surface area contributed by atoms with Crippen LogP contribution in [0.2, 0.25) is 0 Å². The van der Waals surface area contributed by atoms with E-state index in [1.807, 2.05) is 0 Å². The minimum atomic E-state index is -1.42. The van der Waals surface area contributed by atoms with Crippen molar-refractivity contribution in [3.8, 4) is 0 Å². The van der Waals surface area contributed by atoms with Crippen molar-refractivity contribution in [3.63, 3.8) is 0 Å². The zero-order valence-corrected chi connectivity index (χ0v) is 12.2. The van der Waals surface area contributed by atoms with Crippen LogP contribution in [0, 0.1) is 17.5 Å². The maximum Gasteiger partial charge on any atom is 0.194 e. The van der Waals surface area contributed by atoms with E-state index in [0.717, 1.165) is 38.1 Å². The van der Waals surface area contributed by atoms with Crippen LogP contribution >= 0.6 is 0 Å². The van der Waals surface area contributed by atoms with E-state index < -0.39 is 17.5 Å². The minimum absolute atomic E-state index is 0.371. The molecule has 118 valence electrons. The number of nitrogens with one attached hydrogen (secondary N) is 1. The van der Waals surface area contributed by atoms with Gasteiger partial charge in [-0.15, -0.1) is 0 Å². The highest BCUT2D eigenvalue weighted by Gasteiger charge is 2.19. The molecule has 0 radical (unpaired) electrons. The summed E-state index contributed by atoms with van der Waals surface area (Å²) >= 11 is 0. The number of rotatable bonds is 7. The largest absolute Gasteiger partial charge is 0.383 e. The van der Waals surface area contributed by atoms with Crippen molar-refractivity contribution in [2.75, 3.05) is 33.4 Å². The minimum Gasteiger partial charge on any atom is -0.383 e. The van der Waals surface area contributed by atoms with Gasteiger partial charge in [-0.25, -0.2) is 13.2 Å². The molecule has 0 aromatic heterocycles. The van der Waals surface area contributed by atoms with Gasteiger partial charge in [0.15, 0.2) is 17.5 Å². The van der Waals surface area contributed by atoms with Crippen molar-refractivity contribution in [3.05, 3.63) is 35.1 Å². The summed E-state index contributed by atoms with van der Waals surface area (Å²) in [5.41, 5.74) is 0.431. The fourth-order valence-electron chi connectivity index (χ4n) is 2.64. The van der Waals surface area contributed by atoms with E-state index in [2.05, 4.69) is 10.2 Å². The third kappa shape index (κ3) is 4.69. The molecule has 3 nitrogen and oxygen atoms in total. The highest BCUT2D eigenvalue weighted by atomic mass is 19.2. The van der Waals surface area contributed by atoms with Crippen LogP contribution in [0.4, 0.5) is 13.2 Å². The second kappa shape index (κ2) is 7.77. The Morgan fingerprint density at radius 2 is 2.00 bits per heavy atom. The van der Waals surface area contributed by atoms with Crippen molar-refractivity contribution >= 4 is 0 Å². The molecule has 1 aromatic carbocycles. The Morgan fingerprint density at radius 1 is 1.29 bits per heavy atom. The molecule has 1 fully saturated rings. The first-order chi connectivity index (χ1) is 10.1. The van der Waals surface area contributed by atoms with Gasteiger partial charge >= 0.3 is 0 Å². The molecule has 1 unspecified atom stereocenters. The number of benzene rings is 1. The molecule has 0 amide bonds. The molecule has 2 rings (SSSR count). The average molecular weight is 302 g/mol. The molecular formula is C15H21F3N2O. The van der Waals surface area contributed by atoms with Crippen molar-refractivity contribution in [2.24, 2.45) is 0 Å². The lowest BCUT2D eigenvalue weighted by atomic mass is 10.1. The molecule has 0 bridgehead atoms. The van der Waals surface area contributed by atoms with Crippen molar-refractivity contribution in [1.82, 2.24) is 10.2 Å². The number of nitrogens with zero attached hydrogens (tertiary/aromatic N) is 1. The van der Waals surface area contributed by atoms with E-state index in [4.69, 9.17) is 4.74 Å². The van der Waals surface area contributed by atoms with E-state index in [1.165, 1.54) is 0 Å². The molecule has 1 aliphatic rings. The van der Waals surface area contributed by atoms with E-state index in [-0.39, 0.29) is 0 Å². The summed E-state index contributed by atoms with van der Waals surface area (Å²) in [7, 11) is 1.61. The van der Waals surface area contributed by atoms with E-state index >= 15 is 0 Å². The lowest BCUT2D eigenvalue weighted by molar-refractivity contribution is 0.138. The summed E-state index contributed by atoms with van der Waals surface area (Å²) in [6.07, 6.45) is 2.23. The highest BCUT2D eigenvalue weighted by Crippen LogP contribution is 2.16. The van der Waals surface area contributed by atoms with Crippen molar-refractivity contribution in [2.45, 2.75) is 25.4 Å². The fourth-order valence-corrected chi connectivity index (χ4v) is 2.64. The Bertz CT molecular complexity index is 441. The third-order valence-corrected chi connectivity index (χ3v) is 3.70. The maximum absolute atomic E-state index is 13.3. The van der Waals surface area contributed by atoms with Crippen LogP contribution in [0.25, 0.3) is 0 Å². The van der Waals surface area contributed by atoms with Gasteiger partial charge in [0, 0.05) is 32.8 Å². The Balaban J connectivity index is 2.02. The molecule has 1 atom stereocenters. The summed E-state index contributed by atoms with van der Waals surface area (Å²) in [6, 6.07) is 2.50. The van der Waals surface area contributed by atoms with Crippen LogP contribution in [0.1, 0.15) is 18.4 Å². The standard InChI is InChI=1S/C15H21F3N2O/c1-21-6-5-20(10-12-3-2-4-19-12)9-11-7-13(16)15(18)14(17)8-11/h7-8,12,19H,2-6,9-10H2,1H3. The maximum atomic E-state index is 13.3. The van der Waals surface area contributed by atoms with Gasteiger partial charge < -0.3 is 10.1 Å². The first kappa shape index (κ1) is 16.3. The van der Waals surface area contributed by atoms with Crippen molar-refractivity contribution in [1.29, 1.82) is 0 Å². The monoisotopic (exact) mass is 302 g/mol. The molecule has 0 spiro atoms. The second-order valence-electron chi connectivity index (χ2n) is 5.39. The molecular weight excluding hydrogens is 281 g/mol. The number of ether oxygens (including phenoxy) is 1. The van der Waals surface area contributed by atoms with Crippen LogP contribution < -0.4 is 5.32 Å². The first-order valence-corrected chi connectivity index (χ1v) is 7.18. The number of methoxy groups -OCH3 is 1. The van der Waals surface area contributed by atoms with Gasteiger partial charge in [-0.1, -0.05) is 0 Å². The van der Waals surface area contributed by atoms with Gasteiger partial charge in [0.05, 0.1) is 6.61 Å². The summed E-state index contributed by atoms with van der Waals surface area (Å²) < 4.78 is 44.6. The van der Waals surface area contributed by atoms with Gasteiger partial charge in [-0.3, -0.25) is 4.90 Å². The zero-order valence-electron chi connectivity index (χ0n) is 12.2. The van der Waals surface area contributed by atoms with E-state index in [9.17, 15) is 13.2 Å². The second-order valence-corrected chi connectivity index (χ2v) is 5.39. The molecule has 1 aliphatic heterocycles. The Kier molecular flexibility index (Phi) is 6.02. The molecule has 6 heteroatoms. The SMILES string of the molecule is COCCN(Cc1cc(F)c(F)c(F)c1)CC1CCCN1. The lowest BCUT2D eigenvalue weighted by Crippen LogP contribution is -2.38. The lowest BCUT2D eigenvalue weighted by Gasteiger charge is -2.25. The summed E-state index contributed by atoms with van der Waals surface area (Å²) in [4.78, 5) is 2.07. The molecule has 1 saturated heterocycles. The predicted octanol–water partition coefficient (Wildman–Crippen LogP) is 2.30. The predicted molar refractivity (Wildman–Crippen MR) is 74.5 cm³/mol. The van der Waals surface area contributed by atoms with Gasteiger partial charge in [0.2, 0.25) is 0 Å². The normalized spacial score (nSPS) is 18.6. The van der Waals surface area contributed by atoms with Crippen LogP contribution in [0.5, 0.6) is 0 Å². The van der Waals surface area contributed by atoms with Crippen LogP contribution in [-0.4, -0.2) is 44.3 Å². The van der Waals surface area contributed by atoms with E-state index in [0.29, 0.717) is 31.3 Å². The first-order valence-electron chi connectivity index (χ1n) is 7.18. The van der Waals surface area contributed by atoms with Gasteiger partial charge in [0.1, 0.15) is 0 Å². The zero-order chi connectivity index (χ0) is 15.2. The fraction of sp³-hybridized carbons (Fsp3) is 0.600. The quantitative estimate of drug-likeness (QED) is 0.782. The molecule has 1 heterocycles. The highest BCUT2D eigenvalue weighted by molar-refractivity contribution is 5.19. The number of hydrogen-bond acceptors (Lipinski definition) is 3. The number of hydrogen-bond donors (Lipinski definition) is 1. The smallest absolute Gasteiger partial charge is 0.194 e. The van der Waals surface area contributed by atoms with Crippen LogP contribution in [-0.2, 0) is 11.3 Å². The molecule has 1 aromatic rings. The molecule has 0 aliphatic carbocycles. The molecule has 21 heavy (non-hydrogen) atoms. The Labute approximate surface area is 123 Å². The molecule has 0 saturated carbocycles. The van der Waals surface area contributed by atoms with E-state index in [1.54, 1.807) is 7.11 Å². The van der Waals surface area contributed by atoms with Crippen molar-refractivity contribution < 1.29 is 17.9 Å². The van der Waals surface area contributed by atoms with Gasteiger partial charge in [-0.05, 0) is 37.1 Å².